The van der Waals surface area contributed by atoms with Gasteiger partial charge in [-0.05, 0) is 26.0 Å². The number of amides is 2. The highest BCUT2D eigenvalue weighted by Gasteiger charge is 2.32. The summed E-state index contributed by atoms with van der Waals surface area (Å²) in [6, 6.07) is 1.41. The second kappa shape index (κ2) is 5.65. The third kappa shape index (κ3) is 3.57. The van der Waals surface area contributed by atoms with Crippen molar-refractivity contribution in [2.75, 3.05) is 18.4 Å². The molecule has 0 radical (unpaired) electrons. The lowest BCUT2D eigenvalue weighted by molar-refractivity contribution is -0.141. The number of hydrogen-bond donors (Lipinski definition) is 1. The van der Waals surface area contributed by atoms with Crippen molar-refractivity contribution >= 4 is 11.8 Å². The van der Waals surface area contributed by atoms with Crippen LogP contribution in [0.1, 0.15) is 19.5 Å². The standard InChI is InChI=1S/C10H13F3N4O/c1-3-17(4-2)9(18)14-8-6-5-7(15-16-8)10(11,12)13/h5-6H,3-4H2,1-2H3,(H,14,16,18). The molecule has 8 heteroatoms. The number of urea groups is 1. The number of rotatable bonds is 3. The molecule has 5 nitrogen and oxygen atoms in total. The van der Waals surface area contributed by atoms with Gasteiger partial charge in [0.15, 0.2) is 11.5 Å². The summed E-state index contributed by atoms with van der Waals surface area (Å²) in [6.45, 7) is 4.58. The summed E-state index contributed by atoms with van der Waals surface area (Å²) >= 11 is 0. The van der Waals surface area contributed by atoms with E-state index in [-0.39, 0.29) is 5.82 Å². The van der Waals surface area contributed by atoms with E-state index in [2.05, 4.69) is 15.5 Å². The normalized spacial score (nSPS) is 11.2. The molecule has 0 bridgehead atoms. The molecule has 18 heavy (non-hydrogen) atoms. The van der Waals surface area contributed by atoms with Crippen molar-refractivity contribution in [2.24, 2.45) is 0 Å². The van der Waals surface area contributed by atoms with E-state index in [4.69, 9.17) is 0 Å². The first-order chi connectivity index (χ1) is 8.38. The fourth-order valence-corrected chi connectivity index (χ4v) is 1.25. The first kappa shape index (κ1) is 14.2. The SMILES string of the molecule is CCN(CC)C(=O)Nc1ccc(C(F)(F)F)nn1. The van der Waals surface area contributed by atoms with E-state index in [0.29, 0.717) is 13.1 Å². The van der Waals surface area contributed by atoms with Crippen LogP contribution >= 0.6 is 0 Å². The molecule has 0 aliphatic rings. The number of nitrogens with zero attached hydrogens (tertiary/aromatic N) is 3. The fraction of sp³-hybridized carbons (Fsp3) is 0.500. The van der Waals surface area contributed by atoms with Gasteiger partial charge in [-0.15, -0.1) is 10.2 Å². The van der Waals surface area contributed by atoms with Crippen LogP contribution in [0.2, 0.25) is 0 Å². The largest absolute Gasteiger partial charge is 0.435 e. The van der Waals surface area contributed by atoms with Gasteiger partial charge in [-0.25, -0.2) is 4.79 Å². The molecule has 0 aliphatic heterocycles. The van der Waals surface area contributed by atoms with Crippen LogP contribution < -0.4 is 5.32 Å². The molecule has 2 amide bonds. The third-order valence-electron chi connectivity index (χ3n) is 2.24. The maximum absolute atomic E-state index is 12.2. The first-order valence-electron chi connectivity index (χ1n) is 5.35. The van der Waals surface area contributed by atoms with Gasteiger partial charge in [0.1, 0.15) is 0 Å². The van der Waals surface area contributed by atoms with Gasteiger partial charge in [0.25, 0.3) is 0 Å². The zero-order valence-corrected chi connectivity index (χ0v) is 9.95. The lowest BCUT2D eigenvalue weighted by Gasteiger charge is -2.18. The van der Waals surface area contributed by atoms with Crippen LogP contribution in [0.4, 0.5) is 23.8 Å². The minimum absolute atomic E-state index is 0.0140. The molecule has 0 saturated carbocycles. The predicted molar refractivity (Wildman–Crippen MR) is 59.0 cm³/mol. The first-order valence-corrected chi connectivity index (χ1v) is 5.35. The van der Waals surface area contributed by atoms with Crippen LogP contribution in [0.5, 0.6) is 0 Å². The Bertz CT molecular complexity index is 401. The molecule has 1 rings (SSSR count). The molecule has 0 atom stereocenters. The minimum Gasteiger partial charge on any atom is -0.325 e. The molecule has 100 valence electrons. The van der Waals surface area contributed by atoms with E-state index in [0.717, 1.165) is 12.1 Å². The average molecular weight is 262 g/mol. The molecule has 1 aromatic rings. The molecule has 1 aromatic heterocycles. The number of carbonyl (C=O) groups is 1. The lowest BCUT2D eigenvalue weighted by Crippen LogP contribution is -2.34. The van der Waals surface area contributed by atoms with Crippen LogP contribution in [0, 0.1) is 0 Å². The quantitative estimate of drug-likeness (QED) is 0.909. The summed E-state index contributed by atoms with van der Waals surface area (Å²) in [5.74, 6) is -0.0140. The van der Waals surface area contributed by atoms with Crippen molar-refractivity contribution in [3.05, 3.63) is 17.8 Å². The van der Waals surface area contributed by atoms with E-state index in [1.807, 2.05) is 0 Å². The van der Waals surface area contributed by atoms with Gasteiger partial charge in [0.05, 0.1) is 0 Å². The number of nitrogens with one attached hydrogen (secondary N) is 1. The van der Waals surface area contributed by atoms with Gasteiger partial charge < -0.3 is 4.90 Å². The second-order valence-corrected chi connectivity index (χ2v) is 3.40. The van der Waals surface area contributed by atoms with Crippen molar-refractivity contribution in [2.45, 2.75) is 20.0 Å². The number of halogens is 3. The Hall–Kier alpha value is -1.86. The second-order valence-electron chi connectivity index (χ2n) is 3.40. The number of hydrogen-bond acceptors (Lipinski definition) is 3. The van der Waals surface area contributed by atoms with Crippen LogP contribution in [-0.2, 0) is 6.18 Å². The molecular weight excluding hydrogens is 249 g/mol. The molecule has 0 spiro atoms. The van der Waals surface area contributed by atoms with E-state index < -0.39 is 17.9 Å². The zero-order chi connectivity index (χ0) is 13.8. The highest BCUT2D eigenvalue weighted by atomic mass is 19.4. The summed E-state index contributed by atoms with van der Waals surface area (Å²) in [6.07, 6.45) is -4.53. The minimum atomic E-state index is -4.53. The molecule has 0 aromatic carbocycles. The maximum atomic E-state index is 12.2. The smallest absolute Gasteiger partial charge is 0.325 e. The molecule has 0 saturated heterocycles. The van der Waals surface area contributed by atoms with Crippen molar-refractivity contribution in [1.82, 2.24) is 15.1 Å². The summed E-state index contributed by atoms with van der Waals surface area (Å²) in [5, 5.41) is 8.68. The van der Waals surface area contributed by atoms with E-state index >= 15 is 0 Å². The number of alkyl halides is 3. The Labute approximate surface area is 102 Å². The van der Waals surface area contributed by atoms with Gasteiger partial charge >= 0.3 is 12.2 Å². The molecular formula is C10H13F3N4O. The van der Waals surface area contributed by atoms with Crippen molar-refractivity contribution in [1.29, 1.82) is 0 Å². The highest BCUT2D eigenvalue weighted by Crippen LogP contribution is 2.27. The summed E-state index contributed by atoms with van der Waals surface area (Å²) in [4.78, 5) is 13.1. The summed E-state index contributed by atoms with van der Waals surface area (Å²) in [7, 11) is 0. The van der Waals surface area contributed by atoms with Crippen molar-refractivity contribution in [3.63, 3.8) is 0 Å². The lowest BCUT2D eigenvalue weighted by atomic mass is 10.4. The Balaban J connectivity index is 2.72. The van der Waals surface area contributed by atoms with Crippen LogP contribution in [0.3, 0.4) is 0 Å². The highest BCUT2D eigenvalue weighted by molar-refractivity contribution is 5.88. The average Bonchev–Trinajstić information content (AvgIpc) is 2.30. The summed E-state index contributed by atoms with van der Waals surface area (Å²) < 4.78 is 36.7. The number of carbonyl (C=O) groups excluding carboxylic acids is 1. The third-order valence-corrected chi connectivity index (χ3v) is 2.24. The monoisotopic (exact) mass is 262 g/mol. The van der Waals surface area contributed by atoms with E-state index in [1.54, 1.807) is 13.8 Å². The molecule has 1 N–H and O–H groups in total. The van der Waals surface area contributed by atoms with Crippen LogP contribution in [0.25, 0.3) is 0 Å². The number of aromatic nitrogens is 2. The van der Waals surface area contributed by atoms with Crippen molar-refractivity contribution in [3.8, 4) is 0 Å². The van der Waals surface area contributed by atoms with Gasteiger partial charge in [-0.3, -0.25) is 5.32 Å². The van der Waals surface area contributed by atoms with E-state index in [1.165, 1.54) is 4.90 Å². The Morgan fingerprint density at radius 2 is 1.89 bits per heavy atom. The fourth-order valence-electron chi connectivity index (χ4n) is 1.25. The van der Waals surface area contributed by atoms with Crippen LogP contribution in [-0.4, -0.2) is 34.2 Å². The van der Waals surface area contributed by atoms with Gasteiger partial charge in [0, 0.05) is 13.1 Å². The molecule has 0 fully saturated rings. The predicted octanol–water partition coefficient (Wildman–Crippen LogP) is 2.37. The van der Waals surface area contributed by atoms with Gasteiger partial charge in [-0.2, -0.15) is 13.2 Å². The molecule has 1 heterocycles. The molecule has 0 aliphatic carbocycles. The van der Waals surface area contributed by atoms with Crippen LogP contribution in [0.15, 0.2) is 12.1 Å². The van der Waals surface area contributed by atoms with Crippen molar-refractivity contribution < 1.29 is 18.0 Å². The maximum Gasteiger partial charge on any atom is 0.435 e. The van der Waals surface area contributed by atoms with E-state index in [9.17, 15) is 18.0 Å². The summed E-state index contributed by atoms with van der Waals surface area (Å²) in [5.41, 5.74) is -1.09. The Kier molecular flexibility index (Phi) is 4.46. The topological polar surface area (TPSA) is 58.1 Å². The molecule has 0 unspecified atom stereocenters. The van der Waals surface area contributed by atoms with Gasteiger partial charge in [0.2, 0.25) is 0 Å². The Morgan fingerprint density at radius 3 is 2.28 bits per heavy atom. The zero-order valence-electron chi connectivity index (χ0n) is 9.95. The Morgan fingerprint density at radius 1 is 1.28 bits per heavy atom. The van der Waals surface area contributed by atoms with Gasteiger partial charge in [-0.1, -0.05) is 0 Å². The number of anilines is 1.